The summed E-state index contributed by atoms with van der Waals surface area (Å²) in [5.41, 5.74) is 4.53. The van der Waals surface area contributed by atoms with Crippen molar-refractivity contribution in [1.29, 1.82) is 0 Å². The van der Waals surface area contributed by atoms with E-state index in [1.165, 1.54) is 0 Å². The van der Waals surface area contributed by atoms with Gasteiger partial charge in [0, 0.05) is 22.9 Å². The molecule has 2 aromatic carbocycles. The van der Waals surface area contributed by atoms with Crippen LogP contribution in [-0.4, -0.2) is 11.7 Å². The molecule has 0 aliphatic rings. The third-order valence-corrected chi connectivity index (χ3v) is 4.33. The van der Waals surface area contributed by atoms with E-state index in [1.807, 2.05) is 57.2 Å². The highest BCUT2D eigenvalue weighted by Gasteiger charge is 2.12. The molecule has 4 heteroatoms. The maximum atomic E-state index is 12.3. The first-order chi connectivity index (χ1) is 10.9. The van der Waals surface area contributed by atoms with Crippen molar-refractivity contribution in [2.24, 2.45) is 0 Å². The summed E-state index contributed by atoms with van der Waals surface area (Å²) in [5, 5.41) is 2.83. The molecule has 0 aromatic heterocycles. The Bertz CT molecular complexity index is 753. The number of amides is 1. The summed E-state index contributed by atoms with van der Waals surface area (Å²) in [6, 6.07) is 11.5. The molecule has 0 aliphatic heterocycles. The zero-order chi connectivity index (χ0) is 17.0. The molecule has 0 saturated carbocycles. The summed E-state index contributed by atoms with van der Waals surface area (Å²) in [6.45, 7) is 5.85. The van der Waals surface area contributed by atoms with Crippen LogP contribution >= 0.6 is 15.9 Å². The molecule has 0 saturated heterocycles. The van der Waals surface area contributed by atoms with E-state index < -0.39 is 0 Å². The molecular formula is C19H20BrNO2. The Morgan fingerprint density at radius 3 is 2.30 bits per heavy atom. The van der Waals surface area contributed by atoms with Crippen LogP contribution in [0.3, 0.4) is 0 Å². The molecule has 0 spiro atoms. The summed E-state index contributed by atoms with van der Waals surface area (Å²) in [5.74, 6) is -0.155. The maximum absolute atomic E-state index is 12.3. The summed E-state index contributed by atoms with van der Waals surface area (Å²) in [6.07, 6.45) is 0.381. The van der Waals surface area contributed by atoms with Crippen molar-refractivity contribution >= 4 is 33.3 Å². The predicted octanol–water partition coefficient (Wildman–Crippen LogP) is 4.98. The summed E-state index contributed by atoms with van der Waals surface area (Å²) >= 11 is 3.43. The van der Waals surface area contributed by atoms with Gasteiger partial charge in [-0.25, -0.2) is 0 Å². The monoisotopic (exact) mass is 373 g/mol. The van der Waals surface area contributed by atoms with Gasteiger partial charge in [-0.1, -0.05) is 23.8 Å². The fraction of sp³-hybridized carbons (Fsp3) is 0.263. The fourth-order valence-corrected chi connectivity index (χ4v) is 2.92. The first-order valence-corrected chi connectivity index (χ1v) is 8.32. The molecule has 120 valence electrons. The molecular weight excluding hydrogens is 354 g/mol. The number of anilines is 1. The summed E-state index contributed by atoms with van der Waals surface area (Å²) < 4.78 is 0.840. The van der Waals surface area contributed by atoms with E-state index in [2.05, 4.69) is 21.2 Å². The number of rotatable bonds is 5. The molecule has 3 nitrogen and oxygen atoms in total. The Morgan fingerprint density at radius 1 is 0.957 bits per heavy atom. The van der Waals surface area contributed by atoms with Crippen molar-refractivity contribution in [3.63, 3.8) is 0 Å². The zero-order valence-electron chi connectivity index (χ0n) is 13.6. The van der Waals surface area contributed by atoms with E-state index in [-0.39, 0.29) is 24.5 Å². The van der Waals surface area contributed by atoms with Gasteiger partial charge in [-0.15, -0.1) is 0 Å². The summed E-state index contributed by atoms with van der Waals surface area (Å²) in [4.78, 5) is 24.4. The average molecular weight is 374 g/mol. The second kappa shape index (κ2) is 7.55. The number of halogens is 1. The lowest BCUT2D eigenvalue weighted by Crippen LogP contribution is -2.14. The number of Topliss-reactive ketones (excluding diaryl/α,β-unsaturated/α-hetero) is 1. The Balaban J connectivity index is 1.96. The van der Waals surface area contributed by atoms with Crippen molar-refractivity contribution < 1.29 is 9.59 Å². The minimum atomic E-state index is -0.159. The van der Waals surface area contributed by atoms with Crippen LogP contribution in [0.1, 0.15) is 39.9 Å². The van der Waals surface area contributed by atoms with Crippen LogP contribution < -0.4 is 5.32 Å². The van der Waals surface area contributed by atoms with Gasteiger partial charge in [0.1, 0.15) is 0 Å². The number of carbonyl (C=O) groups excluding carboxylic acids is 2. The van der Waals surface area contributed by atoms with Crippen LogP contribution in [-0.2, 0) is 4.79 Å². The van der Waals surface area contributed by atoms with E-state index in [0.29, 0.717) is 5.56 Å². The average Bonchev–Trinajstić information content (AvgIpc) is 2.50. The van der Waals surface area contributed by atoms with Crippen LogP contribution in [0.25, 0.3) is 0 Å². The topological polar surface area (TPSA) is 46.2 Å². The third kappa shape index (κ3) is 4.76. The smallest absolute Gasteiger partial charge is 0.224 e. The molecule has 2 aromatic rings. The standard InChI is InChI=1S/C19H20BrNO2/c1-12-4-6-14(3)15(10-12)18(22)8-9-19(23)21-17-7-5-13(2)11-16(17)20/h4-7,10-11H,8-9H2,1-3H3,(H,21,23). The van der Waals surface area contributed by atoms with Crippen molar-refractivity contribution in [2.75, 3.05) is 5.32 Å². The summed E-state index contributed by atoms with van der Waals surface area (Å²) in [7, 11) is 0. The van der Waals surface area contributed by atoms with Gasteiger partial charge in [-0.05, 0) is 66.0 Å². The Morgan fingerprint density at radius 2 is 1.61 bits per heavy atom. The second-order valence-corrected chi connectivity index (χ2v) is 6.63. The van der Waals surface area contributed by atoms with Gasteiger partial charge in [-0.3, -0.25) is 9.59 Å². The fourth-order valence-electron chi connectivity index (χ4n) is 2.33. The molecule has 0 unspecified atom stereocenters. The molecule has 0 atom stereocenters. The number of hydrogen-bond donors (Lipinski definition) is 1. The number of benzene rings is 2. The van der Waals surface area contributed by atoms with Gasteiger partial charge in [-0.2, -0.15) is 0 Å². The molecule has 0 bridgehead atoms. The molecule has 0 radical (unpaired) electrons. The van der Waals surface area contributed by atoms with Gasteiger partial charge in [0.2, 0.25) is 5.91 Å². The second-order valence-electron chi connectivity index (χ2n) is 5.77. The van der Waals surface area contributed by atoms with E-state index in [0.717, 1.165) is 26.9 Å². The quantitative estimate of drug-likeness (QED) is 0.751. The van der Waals surface area contributed by atoms with Crippen LogP contribution in [0.15, 0.2) is 40.9 Å². The molecule has 0 fully saturated rings. The Hall–Kier alpha value is -1.94. The Labute approximate surface area is 145 Å². The molecule has 0 heterocycles. The minimum Gasteiger partial charge on any atom is -0.325 e. The lowest BCUT2D eigenvalue weighted by atomic mass is 9.99. The number of nitrogens with one attached hydrogen (secondary N) is 1. The van der Waals surface area contributed by atoms with Gasteiger partial charge < -0.3 is 5.32 Å². The highest BCUT2D eigenvalue weighted by Crippen LogP contribution is 2.23. The lowest BCUT2D eigenvalue weighted by Gasteiger charge is -2.09. The van der Waals surface area contributed by atoms with Crippen LogP contribution in [0.5, 0.6) is 0 Å². The number of hydrogen-bond acceptors (Lipinski definition) is 2. The van der Waals surface area contributed by atoms with Crippen molar-refractivity contribution in [3.05, 3.63) is 63.1 Å². The van der Waals surface area contributed by atoms with Gasteiger partial charge in [0.15, 0.2) is 5.78 Å². The van der Waals surface area contributed by atoms with E-state index in [1.54, 1.807) is 0 Å². The number of ketones is 1. The molecule has 1 amide bonds. The van der Waals surface area contributed by atoms with Crippen molar-refractivity contribution in [1.82, 2.24) is 0 Å². The first kappa shape index (κ1) is 17.4. The Kier molecular flexibility index (Phi) is 5.72. The lowest BCUT2D eigenvalue weighted by molar-refractivity contribution is -0.116. The highest BCUT2D eigenvalue weighted by atomic mass is 79.9. The first-order valence-electron chi connectivity index (χ1n) is 7.53. The van der Waals surface area contributed by atoms with E-state index in [4.69, 9.17) is 0 Å². The molecule has 23 heavy (non-hydrogen) atoms. The third-order valence-electron chi connectivity index (χ3n) is 3.67. The van der Waals surface area contributed by atoms with Crippen LogP contribution in [0, 0.1) is 20.8 Å². The zero-order valence-corrected chi connectivity index (χ0v) is 15.2. The number of aryl methyl sites for hydroxylation is 3. The maximum Gasteiger partial charge on any atom is 0.224 e. The van der Waals surface area contributed by atoms with Crippen molar-refractivity contribution in [2.45, 2.75) is 33.6 Å². The van der Waals surface area contributed by atoms with Crippen LogP contribution in [0.4, 0.5) is 5.69 Å². The molecule has 1 N–H and O–H groups in total. The van der Waals surface area contributed by atoms with Crippen LogP contribution in [0.2, 0.25) is 0 Å². The predicted molar refractivity (Wildman–Crippen MR) is 97.0 cm³/mol. The molecule has 2 rings (SSSR count). The highest BCUT2D eigenvalue weighted by molar-refractivity contribution is 9.10. The largest absolute Gasteiger partial charge is 0.325 e. The van der Waals surface area contributed by atoms with Gasteiger partial charge in [0.25, 0.3) is 0 Å². The van der Waals surface area contributed by atoms with E-state index >= 15 is 0 Å². The number of carbonyl (C=O) groups is 2. The van der Waals surface area contributed by atoms with Gasteiger partial charge in [0.05, 0.1) is 5.69 Å². The minimum absolute atomic E-state index is 0.00400. The molecule has 0 aliphatic carbocycles. The SMILES string of the molecule is Cc1ccc(NC(=O)CCC(=O)c2cc(C)ccc2C)c(Br)c1. The normalized spacial score (nSPS) is 10.4. The van der Waals surface area contributed by atoms with E-state index in [9.17, 15) is 9.59 Å². The van der Waals surface area contributed by atoms with Crippen molar-refractivity contribution in [3.8, 4) is 0 Å². The van der Waals surface area contributed by atoms with Gasteiger partial charge >= 0.3 is 0 Å².